The van der Waals surface area contributed by atoms with Gasteiger partial charge in [-0.1, -0.05) is 60.2 Å². The predicted molar refractivity (Wildman–Crippen MR) is 111 cm³/mol. The van der Waals surface area contributed by atoms with Gasteiger partial charge in [0.1, 0.15) is 12.4 Å². The van der Waals surface area contributed by atoms with Gasteiger partial charge >= 0.3 is 0 Å². The Morgan fingerprint density at radius 2 is 1.52 bits per heavy atom. The quantitative estimate of drug-likeness (QED) is 0.540. The average Bonchev–Trinajstić information content (AvgIpc) is 2.73. The second-order valence-corrected chi connectivity index (χ2v) is 8.44. The van der Waals surface area contributed by atoms with Crippen LogP contribution in [0.2, 0.25) is 0 Å². The van der Waals surface area contributed by atoms with Crippen LogP contribution in [0.25, 0.3) is 0 Å². The topological polar surface area (TPSA) is 72.8 Å². The number of ether oxygens (including phenoxy) is 1. The summed E-state index contributed by atoms with van der Waals surface area (Å²) < 4.78 is 35.1. The Morgan fingerprint density at radius 1 is 0.862 bits per heavy atom. The fourth-order valence-electron chi connectivity index (χ4n) is 2.73. The van der Waals surface area contributed by atoms with Crippen LogP contribution in [0.3, 0.4) is 0 Å². The molecule has 0 fully saturated rings. The van der Waals surface area contributed by atoms with Crippen LogP contribution in [-0.4, -0.2) is 26.2 Å². The van der Waals surface area contributed by atoms with Crippen molar-refractivity contribution >= 4 is 10.1 Å². The molecule has 1 atom stereocenters. The van der Waals surface area contributed by atoms with Crippen LogP contribution in [0.1, 0.15) is 16.7 Å². The van der Waals surface area contributed by atoms with E-state index in [0.29, 0.717) is 6.61 Å². The number of aliphatic hydroxyl groups excluding tert-OH is 1. The largest absolute Gasteiger partial charge is 0.489 e. The van der Waals surface area contributed by atoms with Crippen molar-refractivity contribution < 1.29 is 22.4 Å². The van der Waals surface area contributed by atoms with Gasteiger partial charge in [0, 0.05) is 6.42 Å². The van der Waals surface area contributed by atoms with Gasteiger partial charge in [-0.2, -0.15) is 8.42 Å². The molecule has 0 saturated carbocycles. The molecule has 0 aliphatic carbocycles. The minimum atomic E-state index is -3.88. The van der Waals surface area contributed by atoms with Crippen molar-refractivity contribution in [2.45, 2.75) is 31.0 Å². The van der Waals surface area contributed by atoms with Crippen molar-refractivity contribution in [1.29, 1.82) is 0 Å². The molecule has 0 radical (unpaired) electrons. The van der Waals surface area contributed by atoms with Crippen LogP contribution in [0.15, 0.2) is 83.8 Å². The minimum Gasteiger partial charge on any atom is -0.489 e. The lowest BCUT2D eigenvalue weighted by molar-refractivity contribution is 0.111. The summed E-state index contributed by atoms with van der Waals surface area (Å²) in [5.74, 6) is 0.727. The summed E-state index contributed by atoms with van der Waals surface area (Å²) in [5, 5.41) is 10.2. The van der Waals surface area contributed by atoms with Gasteiger partial charge in [-0.3, -0.25) is 4.18 Å². The average molecular weight is 413 g/mol. The fraction of sp³-hybridized carbons (Fsp3) is 0.217. The molecule has 152 valence electrons. The SMILES string of the molecule is Cc1ccc(S(=O)(=O)OC[C@H](O)Cc2ccc(OCc3ccccc3)cc2)cc1. The van der Waals surface area contributed by atoms with Gasteiger partial charge in [0.05, 0.1) is 17.6 Å². The number of hydrogen-bond acceptors (Lipinski definition) is 5. The molecule has 0 saturated heterocycles. The highest BCUT2D eigenvalue weighted by molar-refractivity contribution is 7.86. The first kappa shape index (κ1) is 21.0. The zero-order valence-corrected chi connectivity index (χ0v) is 17.0. The molecular weight excluding hydrogens is 388 g/mol. The van der Waals surface area contributed by atoms with Gasteiger partial charge in [0.25, 0.3) is 10.1 Å². The maximum Gasteiger partial charge on any atom is 0.297 e. The molecule has 5 nitrogen and oxygen atoms in total. The van der Waals surface area contributed by atoms with Crippen LogP contribution in [0.4, 0.5) is 0 Å². The van der Waals surface area contributed by atoms with E-state index < -0.39 is 16.2 Å². The van der Waals surface area contributed by atoms with Crippen molar-refractivity contribution in [3.8, 4) is 5.75 Å². The standard InChI is InChI=1S/C23H24O5S/c1-18-7-13-23(14-8-18)29(25,26)28-17-21(24)15-19-9-11-22(12-10-19)27-16-20-5-3-2-4-6-20/h2-14,21,24H,15-17H2,1H3/t21-/m1/s1. The molecule has 3 aromatic carbocycles. The maximum atomic E-state index is 12.2. The Balaban J connectivity index is 1.48. The molecule has 0 aliphatic rings. The Kier molecular flexibility index (Phi) is 7.04. The Labute approximate surface area is 171 Å². The first-order chi connectivity index (χ1) is 13.9. The van der Waals surface area contributed by atoms with Gasteiger partial charge in [-0.15, -0.1) is 0 Å². The van der Waals surface area contributed by atoms with Crippen LogP contribution in [0, 0.1) is 6.92 Å². The lowest BCUT2D eigenvalue weighted by Crippen LogP contribution is -2.21. The lowest BCUT2D eigenvalue weighted by Gasteiger charge is -2.12. The maximum absolute atomic E-state index is 12.2. The molecule has 1 N–H and O–H groups in total. The van der Waals surface area contributed by atoms with Gasteiger partial charge < -0.3 is 9.84 Å². The smallest absolute Gasteiger partial charge is 0.297 e. The van der Waals surface area contributed by atoms with E-state index in [1.807, 2.05) is 61.5 Å². The zero-order valence-electron chi connectivity index (χ0n) is 16.2. The van der Waals surface area contributed by atoms with E-state index in [9.17, 15) is 13.5 Å². The Bertz CT molecular complexity index is 997. The van der Waals surface area contributed by atoms with Crippen molar-refractivity contribution in [1.82, 2.24) is 0 Å². The van der Waals surface area contributed by atoms with Crippen molar-refractivity contribution in [3.63, 3.8) is 0 Å². The van der Waals surface area contributed by atoms with Crippen molar-refractivity contribution in [2.24, 2.45) is 0 Å². The third-order valence-electron chi connectivity index (χ3n) is 4.37. The van der Waals surface area contributed by atoms with E-state index in [1.165, 1.54) is 12.1 Å². The molecule has 0 amide bonds. The third kappa shape index (κ3) is 6.42. The van der Waals surface area contributed by atoms with Crippen LogP contribution >= 0.6 is 0 Å². The van der Waals surface area contributed by atoms with Crippen LogP contribution in [0.5, 0.6) is 5.75 Å². The highest BCUT2D eigenvalue weighted by Crippen LogP contribution is 2.17. The van der Waals surface area contributed by atoms with Crippen LogP contribution in [-0.2, 0) is 27.3 Å². The van der Waals surface area contributed by atoms with E-state index >= 15 is 0 Å². The predicted octanol–water partition coefficient (Wildman–Crippen LogP) is 3.88. The summed E-state index contributed by atoms with van der Waals surface area (Å²) >= 11 is 0. The minimum absolute atomic E-state index is 0.0789. The molecule has 29 heavy (non-hydrogen) atoms. The number of rotatable bonds is 9. The van der Waals surface area contributed by atoms with E-state index in [2.05, 4.69) is 0 Å². The highest BCUT2D eigenvalue weighted by Gasteiger charge is 2.17. The summed E-state index contributed by atoms with van der Waals surface area (Å²) in [6, 6.07) is 23.6. The molecular formula is C23H24O5S. The van der Waals surface area contributed by atoms with Crippen molar-refractivity contribution in [2.75, 3.05) is 6.61 Å². The van der Waals surface area contributed by atoms with Gasteiger partial charge in [0.2, 0.25) is 0 Å². The summed E-state index contributed by atoms with van der Waals surface area (Å²) in [4.78, 5) is 0.0789. The molecule has 0 aliphatic heterocycles. The highest BCUT2D eigenvalue weighted by atomic mass is 32.2. The van der Waals surface area contributed by atoms with Gasteiger partial charge in [0.15, 0.2) is 0 Å². The Morgan fingerprint density at radius 3 is 2.17 bits per heavy atom. The molecule has 0 heterocycles. The number of aliphatic hydroxyl groups is 1. The molecule has 0 bridgehead atoms. The van der Waals surface area contributed by atoms with Crippen molar-refractivity contribution in [3.05, 3.63) is 95.6 Å². The second kappa shape index (κ2) is 9.69. The van der Waals surface area contributed by atoms with Crippen LogP contribution < -0.4 is 4.74 Å². The first-order valence-corrected chi connectivity index (χ1v) is 10.7. The summed E-state index contributed by atoms with van der Waals surface area (Å²) in [6.45, 7) is 2.05. The Hall–Kier alpha value is -2.67. The van der Waals surface area contributed by atoms with E-state index in [0.717, 1.165) is 22.4 Å². The summed E-state index contributed by atoms with van der Waals surface area (Å²) in [7, 11) is -3.88. The molecule has 3 aromatic rings. The molecule has 0 unspecified atom stereocenters. The number of benzene rings is 3. The lowest BCUT2D eigenvalue weighted by atomic mass is 10.1. The van der Waals surface area contributed by atoms with Gasteiger partial charge in [-0.05, 0) is 42.3 Å². The molecule has 0 aromatic heterocycles. The number of aryl methyl sites for hydroxylation is 1. The fourth-order valence-corrected chi connectivity index (χ4v) is 3.68. The van der Waals surface area contributed by atoms with E-state index in [-0.39, 0.29) is 17.9 Å². The molecule has 0 spiro atoms. The molecule has 6 heteroatoms. The van der Waals surface area contributed by atoms with Gasteiger partial charge in [-0.25, -0.2) is 0 Å². The second-order valence-electron chi connectivity index (χ2n) is 6.83. The number of hydrogen-bond donors (Lipinski definition) is 1. The van der Waals surface area contributed by atoms with E-state index in [4.69, 9.17) is 8.92 Å². The summed E-state index contributed by atoms with van der Waals surface area (Å²) in [6.07, 6.45) is -0.658. The first-order valence-electron chi connectivity index (χ1n) is 9.32. The molecule has 3 rings (SSSR count). The third-order valence-corrected chi connectivity index (χ3v) is 5.66. The normalized spacial score (nSPS) is 12.5. The summed E-state index contributed by atoms with van der Waals surface area (Å²) in [5.41, 5.74) is 2.90. The van der Waals surface area contributed by atoms with E-state index in [1.54, 1.807) is 12.1 Å². The monoisotopic (exact) mass is 412 g/mol. The zero-order chi connectivity index (χ0) is 20.7.